The van der Waals surface area contributed by atoms with Crippen LogP contribution in [0, 0.1) is 17.1 Å². The molecule has 98 valence electrons. The minimum absolute atomic E-state index is 0.0250. The maximum Gasteiger partial charge on any atom is 0.420 e. The van der Waals surface area contributed by atoms with E-state index >= 15 is 0 Å². The highest BCUT2D eigenvalue weighted by Crippen LogP contribution is 2.16. The van der Waals surface area contributed by atoms with Crippen molar-refractivity contribution >= 4 is 11.1 Å². The Morgan fingerprint density at radius 3 is 2.85 bits per heavy atom. The summed E-state index contributed by atoms with van der Waals surface area (Å²) in [7, 11) is 0. The van der Waals surface area contributed by atoms with Gasteiger partial charge < -0.3 is 4.42 Å². The molecule has 0 saturated heterocycles. The number of para-hydroxylation sites is 2. The van der Waals surface area contributed by atoms with Crippen LogP contribution in [0.5, 0.6) is 0 Å². The molecule has 0 spiro atoms. The molecule has 0 bridgehead atoms. The second kappa shape index (κ2) is 4.67. The third-order valence-electron chi connectivity index (χ3n) is 3.08. The standard InChI is InChI=1S/C15H9FN2O2/c16-12-6-5-10(8-17)7-11(12)9-18-13-3-1-2-4-14(13)20-15(18)19/h1-7H,9H2. The van der Waals surface area contributed by atoms with Gasteiger partial charge in [0.05, 0.1) is 23.7 Å². The third-order valence-corrected chi connectivity index (χ3v) is 3.08. The summed E-state index contributed by atoms with van der Waals surface area (Å²) >= 11 is 0. The summed E-state index contributed by atoms with van der Waals surface area (Å²) in [5, 5.41) is 8.85. The van der Waals surface area contributed by atoms with Crippen molar-refractivity contribution < 1.29 is 8.81 Å². The van der Waals surface area contributed by atoms with Crippen molar-refractivity contribution in [3.8, 4) is 6.07 Å². The molecule has 0 unspecified atom stereocenters. The van der Waals surface area contributed by atoms with Crippen molar-refractivity contribution in [1.82, 2.24) is 4.57 Å². The molecule has 1 heterocycles. The maximum absolute atomic E-state index is 13.8. The largest absolute Gasteiger partial charge is 0.420 e. The van der Waals surface area contributed by atoms with Gasteiger partial charge in [-0.15, -0.1) is 0 Å². The van der Waals surface area contributed by atoms with Crippen molar-refractivity contribution in [1.29, 1.82) is 5.26 Å². The molecule has 0 aliphatic heterocycles. The topological polar surface area (TPSA) is 58.9 Å². The Bertz CT molecular complexity index is 887. The van der Waals surface area contributed by atoms with Crippen molar-refractivity contribution in [2.75, 3.05) is 0 Å². The number of benzene rings is 2. The first-order valence-electron chi connectivity index (χ1n) is 5.96. The van der Waals surface area contributed by atoms with Gasteiger partial charge in [0.1, 0.15) is 5.82 Å². The smallest absolute Gasteiger partial charge is 0.408 e. The number of hydrogen-bond acceptors (Lipinski definition) is 3. The summed E-state index contributed by atoms with van der Waals surface area (Å²) in [5.41, 5.74) is 1.67. The zero-order valence-electron chi connectivity index (χ0n) is 10.3. The number of hydrogen-bond donors (Lipinski definition) is 0. The van der Waals surface area contributed by atoms with Crippen LogP contribution in [-0.2, 0) is 6.54 Å². The van der Waals surface area contributed by atoms with E-state index in [0.29, 0.717) is 16.7 Å². The van der Waals surface area contributed by atoms with Crippen LogP contribution in [0.25, 0.3) is 11.1 Å². The van der Waals surface area contributed by atoms with Crippen LogP contribution in [0.15, 0.2) is 51.7 Å². The molecular formula is C15H9FN2O2. The van der Waals surface area contributed by atoms with E-state index in [0.717, 1.165) is 0 Å². The van der Waals surface area contributed by atoms with Crippen LogP contribution < -0.4 is 5.76 Å². The fourth-order valence-electron chi connectivity index (χ4n) is 2.10. The van der Waals surface area contributed by atoms with Gasteiger partial charge in [0.25, 0.3) is 0 Å². The van der Waals surface area contributed by atoms with Gasteiger partial charge >= 0.3 is 5.76 Å². The van der Waals surface area contributed by atoms with Crippen LogP contribution >= 0.6 is 0 Å². The second-order valence-corrected chi connectivity index (χ2v) is 4.34. The first-order valence-corrected chi connectivity index (χ1v) is 5.96. The summed E-state index contributed by atoms with van der Waals surface area (Å²) in [6.45, 7) is 0.0250. The molecule has 0 radical (unpaired) electrons. The zero-order valence-corrected chi connectivity index (χ0v) is 10.3. The fourth-order valence-corrected chi connectivity index (χ4v) is 2.10. The highest BCUT2D eigenvalue weighted by Gasteiger charge is 2.11. The van der Waals surface area contributed by atoms with E-state index in [1.165, 1.54) is 22.8 Å². The Labute approximate surface area is 113 Å². The molecule has 2 aromatic carbocycles. The SMILES string of the molecule is N#Cc1ccc(F)c(Cn2c(=O)oc3ccccc32)c1. The van der Waals surface area contributed by atoms with Gasteiger partial charge in [-0.3, -0.25) is 4.57 Å². The first kappa shape index (κ1) is 12.2. The second-order valence-electron chi connectivity index (χ2n) is 4.34. The quantitative estimate of drug-likeness (QED) is 0.718. The Balaban J connectivity index is 2.12. The minimum atomic E-state index is -0.548. The van der Waals surface area contributed by atoms with Gasteiger partial charge in [0, 0.05) is 5.56 Å². The number of fused-ring (bicyclic) bond motifs is 1. The Hall–Kier alpha value is -2.87. The molecule has 5 heteroatoms. The molecule has 0 aliphatic carbocycles. The molecule has 3 rings (SSSR count). The molecule has 4 nitrogen and oxygen atoms in total. The first-order chi connectivity index (χ1) is 9.69. The van der Waals surface area contributed by atoms with Crippen molar-refractivity contribution in [3.63, 3.8) is 0 Å². The number of nitrogens with zero attached hydrogens (tertiary/aromatic N) is 2. The van der Waals surface area contributed by atoms with Crippen molar-refractivity contribution in [3.05, 3.63) is 70.0 Å². The molecule has 0 amide bonds. The van der Waals surface area contributed by atoms with Crippen LogP contribution in [0.3, 0.4) is 0 Å². The average Bonchev–Trinajstić information content (AvgIpc) is 2.77. The Morgan fingerprint density at radius 1 is 1.25 bits per heavy atom. The number of oxazole rings is 1. The summed E-state index contributed by atoms with van der Waals surface area (Å²) in [6, 6.07) is 12.9. The van der Waals surface area contributed by atoms with Gasteiger partial charge in [0.15, 0.2) is 5.58 Å². The van der Waals surface area contributed by atoms with Gasteiger partial charge in [-0.1, -0.05) is 12.1 Å². The van der Waals surface area contributed by atoms with Gasteiger partial charge in [-0.2, -0.15) is 5.26 Å². The predicted molar refractivity (Wildman–Crippen MR) is 70.7 cm³/mol. The third kappa shape index (κ3) is 1.97. The van der Waals surface area contributed by atoms with Crippen LogP contribution in [-0.4, -0.2) is 4.57 Å². The van der Waals surface area contributed by atoms with E-state index in [1.54, 1.807) is 24.3 Å². The molecule has 0 saturated carbocycles. The van der Waals surface area contributed by atoms with Crippen LogP contribution in [0.1, 0.15) is 11.1 Å². The van der Waals surface area contributed by atoms with E-state index in [9.17, 15) is 9.18 Å². The molecule has 0 atom stereocenters. The van der Waals surface area contributed by atoms with E-state index in [4.69, 9.17) is 9.68 Å². The lowest BCUT2D eigenvalue weighted by Crippen LogP contribution is -2.15. The zero-order chi connectivity index (χ0) is 14.1. The highest BCUT2D eigenvalue weighted by atomic mass is 19.1. The monoisotopic (exact) mass is 268 g/mol. The summed E-state index contributed by atoms with van der Waals surface area (Å²) in [6.07, 6.45) is 0. The van der Waals surface area contributed by atoms with E-state index in [1.807, 2.05) is 6.07 Å². The number of nitriles is 1. The fraction of sp³-hybridized carbons (Fsp3) is 0.0667. The lowest BCUT2D eigenvalue weighted by molar-refractivity contribution is 0.512. The van der Waals surface area contributed by atoms with Crippen molar-refractivity contribution in [2.45, 2.75) is 6.54 Å². The number of halogens is 1. The van der Waals surface area contributed by atoms with E-state index < -0.39 is 11.6 Å². The Morgan fingerprint density at radius 2 is 2.05 bits per heavy atom. The average molecular weight is 268 g/mol. The molecule has 0 aliphatic rings. The van der Waals surface area contributed by atoms with Gasteiger partial charge in [-0.25, -0.2) is 9.18 Å². The highest BCUT2D eigenvalue weighted by molar-refractivity contribution is 5.72. The van der Waals surface area contributed by atoms with E-state index in [-0.39, 0.29) is 12.1 Å². The normalized spacial score (nSPS) is 10.6. The van der Waals surface area contributed by atoms with Crippen LogP contribution in [0.4, 0.5) is 4.39 Å². The summed E-state index contributed by atoms with van der Waals surface area (Å²) < 4.78 is 20.2. The van der Waals surface area contributed by atoms with Crippen molar-refractivity contribution in [2.24, 2.45) is 0 Å². The number of aromatic nitrogens is 1. The maximum atomic E-state index is 13.8. The summed E-state index contributed by atoms with van der Waals surface area (Å²) in [5.74, 6) is -1.01. The lowest BCUT2D eigenvalue weighted by atomic mass is 10.1. The summed E-state index contributed by atoms with van der Waals surface area (Å²) in [4.78, 5) is 11.8. The minimum Gasteiger partial charge on any atom is -0.408 e. The molecule has 3 aromatic rings. The lowest BCUT2D eigenvalue weighted by Gasteiger charge is -2.04. The molecular weight excluding hydrogens is 259 g/mol. The predicted octanol–water partition coefficient (Wildman–Crippen LogP) is 2.65. The molecule has 1 aromatic heterocycles. The number of rotatable bonds is 2. The van der Waals surface area contributed by atoms with Crippen LogP contribution in [0.2, 0.25) is 0 Å². The molecule has 0 fully saturated rings. The molecule has 0 N–H and O–H groups in total. The van der Waals surface area contributed by atoms with Gasteiger partial charge in [0.2, 0.25) is 0 Å². The Kier molecular flexibility index (Phi) is 2.84. The molecule has 20 heavy (non-hydrogen) atoms. The van der Waals surface area contributed by atoms with E-state index in [2.05, 4.69) is 0 Å². The van der Waals surface area contributed by atoms with Gasteiger partial charge in [-0.05, 0) is 30.3 Å².